The van der Waals surface area contributed by atoms with Crippen LogP contribution >= 0.6 is 27.5 Å². The zero-order valence-corrected chi connectivity index (χ0v) is 20.6. The van der Waals surface area contributed by atoms with Gasteiger partial charge in [-0.2, -0.15) is 26.3 Å². The smallest absolute Gasteiger partial charge is 0.374 e. The minimum Gasteiger partial charge on any atom is -0.374 e. The average molecular weight is 601 g/mol. The fourth-order valence-corrected chi connectivity index (χ4v) is 4.32. The second-order valence-corrected chi connectivity index (χ2v) is 9.25. The molecule has 0 bridgehead atoms. The molecular weight excluding hydrogens is 584 g/mol. The molecule has 14 heteroatoms. The normalized spacial score (nSPS) is 17.9. The number of carbonyl (C=O) groups is 2. The van der Waals surface area contributed by atoms with Gasteiger partial charge >= 0.3 is 12.4 Å². The first-order valence-electron chi connectivity index (χ1n) is 10.1. The summed E-state index contributed by atoms with van der Waals surface area (Å²) >= 11 is 9.06. The van der Waals surface area contributed by atoms with E-state index in [2.05, 4.69) is 26.4 Å². The lowest BCUT2D eigenvalue weighted by atomic mass is 9.86. The van der Waals surface area contributed by atoms with Gasteiger partial charge in [0.15, 0.2) is 0 Å². The van der Waals surface area contributed by atoms with Crippen molar-refractivity contribution >= 4 is 45.1 Å². The third-order valence-corrected chi connectivity index (χ3v) is 5.89. The Balaban J connectivity index is 1.75. The maximum atomic E-state index is 14.2. The van der Waals surface area contributed by atoms with Gasteiger partial charge in [0.05, 0.1) is 12.3 Å². The van der Waals surface area contributed by atoms with E-state index < -0.39 is 49.3 Å². The Morgan fingerprint density at radius 2 is 1.81 bits per heavy atom. The average Bonchev–Trinajstić information content (AvgIpc) is 3.22. The molecule has 2 N–H and O–H groups in total. The summed E-state index contributed by atoms with van der Waals surface area (Å²) in [7, 11) is 0. The van der Waals surface area contributed by atoms with Crippen LogP contribution in [0.2, 0.25) is 5.02 Å². The van der Waals surface area contributed by atoms with Crippen molar-refractivity contribution in [1.82, 2.24) is 10.6 Å². The molecule has 0 aromatic heterocycles. The molecule has 1 heterocycles. The summed E-state index contributed by atoms with van der Waals surface area (Å²) in [4.78, 5) is 28.8. The monoisotopic (exact) mass is 599 g/mol. The van der Waals surface area contributed by atoms with Crippen LogP contribution in [-0.2, 0) is 15.2 Å². The van der Waals surface area contributed by atoms with Crippen molar-refractivity contribution in [3.8, 4) is 0 Å². The number of hydrogen-bond donors (Lipinski definition) is 2. The minimum atomic E-state index is -4.84. The number of hydrogen-bond acceptors (Lipinski definition) is 4. The van der Waals surface area contributed by atoms with E-state index in [9.17, 15) is 35.9 Å². The number of amides is 2. The van der Waals surface area contributed by atoms with Gasteiger partial charge in [0, 0.05) is 27.0 Å². The van der Waals surface area contributed by atoms with Crippen molar-refractivity contribution in [2.45, 2.75) is 31.3 Å². The van der Waals surface area contributed by atoms with E-state index in [0.717, 1.165) is 6.07 Å². The van der Waals surface area contributed by atoms with Crippen LogP contribution in [-0.4, -0.2) is 43.0 Å². The van der Waals surface area contributed by atoms with Gasteiger partial charge in [-0.25, -0.2) is 0 Å². The van der Waals surface area contributed by atoms with Crippen molar-refractivity contribution in [3.63, 3.8) is 0 Å². The van der Waals surface area contributed by atoms with Gasteiger partial charge in [-0.1, -0.05) is 38.8 Å². The highest BCUT2D eigenvalue weighted by Gasteiger charge is 2.62. The van der Waals surface area contributed by atoms with E-state index in [1.165, 1.54) is 37.3 Å². The highest BCUT2D eigenvalue weighted by Crippen LogP contribution is 2.49. The number of nitrogens with one attached hydrogen (secondary N) is 2. The zero-order valence-electron chi connectivity index (χ0n) is 18.3. The highest BCUT2D eigenvalue weighted by atomic mass is 79.9. The first-order chi connectivity index (χ1) is 16.6. The number of rotatable bonds is 6. The molecular formula is C22H17BrClF6N3O3. The number of nitrogens with zero attached hydrogens (tertiary/aromatic N) is 1. The molecule has 1 unspecified atom stereocenters. The van der Waals surface area contributed by atoms with Crippen LogP contribution in [0.5, 0.6) is 0 Å². The van der Waals surface area contributed by atoms with E-state index in [4.69, 9.17) is 16.4 Å². The van der Waals surface area contributed by atoms with Crippen LogP contribution in [0.4, 0.5) is 26.3 Å². The second-order valence-electron chi connectivity index (χ2n) is 7.89. The molecule has 1 aliphatic rings. The van der Waals surface area contributed by atoms with Gasteiger partial charge in [0.25, 0.3) is 11.5 Å². The molecule has 6 nitrogen and oxygen atoms in total. The predicted octanol–water partition coefficient (Wildman–Crippen LogP) is 5.40. The Kier molecular flexibility index (Phi) is 7.94. The van der Waals surface area contributed by atoms with Gasteiger partial charge in [0.1, 0.15) is 6.54 Å². The van der Waals surface area contributed by atoms with Crippen molar-refractivity contribution in [2.75, 3.05) is 13.1 Å². The molecule has 3 rings (SSSR count). The lowest BCUT2D eigenvalue weighted by Crippen LogP contribution is -2.42. The topological polar surface area (TPSA) is 79.8 Å². The highest BCUT2D eigenvalue weighted by molar-refractivity contribution is 9.10. The number of benzene rings is 2. The fourth-order valence-electron chi connectivity index (χ4n) is 3.46. The lowest BCUT2D eigenvalue weighted by molar-refractivity contribution is -0.275. The van der Waals surface area contributed by atoms with E-state index in [1.54, 1.807) is 5.32 Å². The first kappa shape index (κ1) is 27.8. The Hall–Kier alpha value is -2.80. The van der Waals surface area contributed by atoms with Crippen molar-refractivity contribution in [1.29, 1.82) is 0 Å². The number of halogens is 8. The predicted molar refractivity (Wildman–Crippen MR) is 122 cm³/mol. The third kappa shape index (κ3) is 6.30. The van der Waals surface area contributed by atoms with Crippen molar-refractivity contribution in [3.05, 3.63) is 68.1 Å². The molecule has 0 saturated heterocycles. The quantitative estimate of drug-likeness (QED) is 0.436. The molecule has 36 heavy (non-hydrogen) atoms. The molecule has 194 valence electrons. The number of oxime groups is 1. The minimum absolute atomic E-state index is 0.0231. The molecule has 0 spiro atoms. The fraction of sp³-hybridized carbons (Fsp3) is 0.318. The summed E-state index contributed by atoms with van der Waals surface area (Å²) in [5, 5.41) is 7.55. The Labute approximate surface area is 214 Å². The number of aryl methyl sites for hydroxylation is 1. The first-order valence-corrected chi connectivity index (χ1v) is 11.3. The van der Waals surface area contributed by atoms with Crippen LogP contribution in [0.1, 0.15) is 33.5 Å². The van der Waals surface area contributed by atoms with Crippen LogP contribution in [0.25, 0.3) is 0 Å². The maximum absolute atomic E-state index is 14.2. The molecule has 2 amide bonds. The van der Waals surface area contributed by atoms with E-state index in [1.807, 2.05) is 0 Å². The SMILES string of the molecule is Cc1cc(C2=NOC(c3cc(Cl)cc(Br)c3)(C(F)(F)F)C2)ccc1C(=O)NCC(=O)NCC(F)(F)F. The van der Waals surface area contributed by atoms with Crippen LogP contribution in [0.15, 0.2) is 46.0 Å². The van der Waals surface area contributed by atoms with Gasteiger partial charge in [-0.3, -0.25) is 9.59 Å². The summed E-state index contributed by atoms with van der Waals surface area (Å²) in [5.41, 5.74) is -2.38. The summed E-state index contributed by atoms with van der Waals surface area (Å²) < 4.78 is 79.3. The molecule has 2 aromatic carbocycles. The Morgan fingerprint density at radius 3 is 2.39 bits per heavy atom. The lowest BCUT2D eigenvalue weighted by Gasteiger charge is -2.29. The molecule has 2 aromatic rings. The van der Waals surface area contributed by atoms with E-state index in [0.29, 0.717) is 10.0 Å². The van der Waals surface area contributed by atoms with Crippen molar-refractivity contribution in [2.24, 2.45) is 5.16 Å². The van der Waals surface area contributed by atoms with Gasteiger partial charge in [-0.15, -0.1) is 0 Å². The molecule has 0 fully saturated rings. The molecule has 1 aliphatic heterocycles. The van der Waals surface area contributed by atoms with Gasteiger partial charge in [0.2, 0.25) is 5.91 Å². The third-order valence-electron chi connectivity index (χ3n) is 5.21. The van der Waals surface area contributed by atoms with Crippen LogP contribution in [0, 0.1) is 6.92 Å². The van der Waals surface area contributed by atoms with Crippen molar-refractivity contribution < 1.29 is 40.8 Å². The van der Waals surface area contributed by atoms with E-state index >= 15 is 0 Å². The summed E-state index contributed by atoms with van der Waals surface area (Å²) in [6.45, 7) is -0.727. The zero-order chi connectivity index (χ0) is 26.9. The summed E-state index contributed by atoms with van der Waals surface area (Å²) in [6, 6.07) is 7.89. The van der Waals surface area contributed by atoms with E-state index in [-0.39, 0.29) is 27.4 Å². The molecule has 0 aliphatic carbocycles. The largest absolute Gasteiger partial charge is 0.435 e. The maximum Gasteiger partial charge on any atom is 0.435 e. The Morgan fingerprint density at radius 1 is 1.11 bits per heavy atom. The summed E-state index contributed by atoms with van der Waals surface area (Å²) in [6.07, 6.45) is -10.1. The number of carbonyl (C=O) groups excluding carboxylic acids is 2. The summed E-state index contributed by atoms with van der Waals surface area (Å²) in [5.74, 6) is -1.79. The van der Waals surface area contributed by atoms with Crippen LogP contribution in [0.3, 0.4) is 0 Å². The second kappa shape index (κ2) is 10.3. The number of alkyl halides is 6. The Bertz CT molecular complexity index is 1200. The molecule has 1 atom stereocenters. The standard InChI is InChI=1S/C22H17BrClF6N3O3/c1-11-4-12(2-3-16(11)19(35)31-9-18(34)32-10-21(25,26)27)17-8-20(36-33-17,22(28,29)30)13-5-14(23)7-15(24)6-13/h2-7H,8-10H2,1H3,(H,31,35)(H,32,34). The molecule has 0 radical (unpaired) electrons. The van der Waals surface area contributed by atoms with Gasteiger partial charge in [-0.05, 0) is 48.4 Å². The van der Waals surface area contributed by atoms with Gasteiger partial charge < -0.3 is 15.5 Å². The van der Waals surface area contributed by atoms with Crippen LogP contribution < -0.4 is 10.6 Å². The molecule has 0 saturated carbocycles.